The number of para-hydroxylation sites is 3. The van der Waals surface area contributed by atoms with E-state index in [1.165, 1.54) is 0 Å². The Bertz CT molecular complexity index is 956. The first-order valence-corrected chi connectivity index (χ1v) is 7.52. The Labute approximate surface area is 134 Å². The molecule has 114 valence electrons. The fourth-order valence-corrected chi connectivity index (χ4v) is 2.85. The maximum absolute atomic E-state index is 4.72. The van der Waals surface area contributed by atoms with Crippen LogP contribution in [0.3, 0.4) is 0 Å². The third kappa shape index (κ3) is 2.22. The molecule has 5 heteroatoms. The van der Waals surface area contributed by atoms with Crippen LogP contribution in [-0.4, -0.2) is 29.0 Å². The van der Waals surface area contributed by atoms with Crippen LogP contribution < -0.4 is 10.4 Å². The van der Waals surface area contributed by atoms with Crippen LogP contribution in [0.2, 0.25) is 0 Å². The first kappa shape index (κ1) is 13.7. The van der Waals surface area contributed by atoms with Crippen molar-refractivity contribution >= 4 is 27.6 Å². The Kier molecular flexibility index (Phi) is 3.20. The number of aromatic nitrogens is 3. The fourth-order valence-electron chi connectivity index (χ4n) is 2.85. The third-order valence-corrected chi connectivity index (χ3v) is 4.06. The monoisotopic (exact) mass is 303 g/mol. The van der Waals surface area contributed by atoms with Crippen molar-refractivity contribution < 1.29 is 0 Å². The van der Waals surface area contributed by atoms with Crippen LogP contribution in [0.15, 0.2) is 54.7 Å². The Balaban J connectivity index is 2.02. The average molecular weight is 303 g/mol. The minimum atomic E-state index is 0.821. The van der Waals surface area contributed by atoms with Gasteiger partial charge in [-0.1, -0.05) is 30.3 Å². The van der Waals surface area contributed by atoms with Gasteiger partial charge in [-0.15, -0.1) is 0 Å². The van der Waals surface area contributed by atoms with Gasteiger partial charge in [-0.25, -0.2) is 10.4 Å². The molecule has 0 radical (unpaired) electrons. The zero-order chi connectivity index (χ0) is 15.8. The first-order valence-electron chi connectivity index (χ1n) is 7.52. The van der Waals surface area contributed by atoms with Crippen molar-refractivity contribution in [3.8, 4) is 11.4 Å². The molecule has 0 fully saturated rings. The van der Waals surface area contributed by atoms with Gasteiger partial charge in [-0.05, 0) is 18.2 Å². The largest absolute Gasteiger partial charge is 0.338 e. The zero-order valence-corrected chi connectivity index (χ0v) is 13.0. The Morgan fingerprint density at radius 3 is 2.52 bits per heavy atom. The number of benzene rings is 2. The molecule has 0 aliphatic heterocycles. The molecule has 5 nitrogen and oxygen atoms in total. The number of pyridine rings is 1. The normalized spacial score (nSPS) is 11.2. The molecule has 0 aliphatic rings. The number of hydrogen-bond acceptors (Lipinski definition) is 4. The van der Waals surface area contributed by atoms with Crippen LogP contribution in [0, 0.1) is 0 Å². The highest BCUT2D eigenvalue weighted by molar-refractivity contribution is 5.99. The molecule has 4 aromatic rings. The van der Waals surface area contributed by atoms with Crippen LogP contribution in [0.25, 0.3) is 33.3 Å². The summed E-state index contributed by atoms with van der Waals surface area (Å²) in [4.78, 5) is 12.7. The molecule has 2 aromatic heterocycles. The molecule has 0 atom stereocenters. The van der Waals surface area contributed by atoms with E-state index >= 15 is 0 Å². The topological polar surface area (TPSA) is 56.8 Å². The highest BCUT2D eigenvalue weighted by Crippen LogP contribution is 2.34. The van der Waals surface area contributed by atoms with Crippen LogP contribution in [0.1, 0.15) is 0 Å². The molecule has 0 bridgehead atoms. The molecular weight excluding hydrogens is 286 g/mol. The summed E-state index contributed by atoms with van der Waals surface area (Å²) in [5.74, 6) is 0.821. The third-order valence-electron chi connectivity index (χ3n) is 4.06. The second-order valence-electron chi connectivity index (χ2n) is 5.42. The van der Waals surface area contributed by atoms with Gasteiger partial charge in [0.15, 0.2) is 0 Å². The van der Waals surface area contributed by atoms with E-state index in [4.69, 9.17) is 4.98 Å². The quantitative estimate of drug-likeness (QED) is 0.570. The molecule has 0 unspecified atom stereocenters. The van der Waals surface area contributed by atoms with Crippen LogP contribution in [0.4, 0.5) is 5.69 Å². The number of rotatable bonds is 3. The molecule has 23 heavy (non-hydrogen) atoms. The van der Waals surface area contributed by atoms with Gasteiger partial charge in [0.05, 0.1) is 27.8 Å². The summed E-state index contributed by atoms with van der Waals surface area (Å²) in [6.45, 7) is 0. The lowest BCUT2D eigenvalue weighted by molar-refractivity contribution is 0.795. The van der Waals surface area contributed by atoms with Crippen molar-refractivity contribution in [2.45, 2.75) is 0 Å². The number of fused-ring (bicyclic) bond motifs is 2. The zero-order valence-electron chi connectivity index (χ0n) is 13.0. The van der Waals surface area contributed by atoms with Gasteiger partial charge in [0.25, 0.3) is 0 Å². The predicted octanol–water partition coefficient (Wildman–Crippen LogP) is 3.35. The van der Waals surface area contributed by atoms with Crippen molar-refractivity contribution in [3.63, 3.8) is 0 Å². The summed E-state index contributed by atoms with van der Waals surface area (Å²) < 4.78 is 0. The highest BCUT2D eigenvalue weighted by Gasteiger charge is 2.16. The van der Waals surface area contributed by atoms with Crippen LogP contribution in [0.5, 0.6) is 0 Å². The number of aromatic amines is 1. The number of imidazole rings is 1. The standard InChI is InChI=1S/C18H17N5/c1-19-23(2)17-12-7-3-4-8-14(12)20-11-13(17)18-21-15-9-5-6-10-16(15)22-18/h3-11,19H,1-2H3,(H,21,22). The number of H-pyrrole nitrogens is 1. The Hall–Kier alpha value is -2.92. The van der Waals surface area contributed by atoms with E-state index in [-0.39, 0.29) is 0 Å². The van der Waals surface area contributed by atoms with Crippen molar-refractivity contribution in [3.05, 3.63) is 54.7 Å². The molecular formula is C18H17N5. The van der Waals surface area contributed by atoms with Gasteiger partial charge in [0.2, 0.25) is 0 Å². The van der Waals surface area contributed by atoms with Gasteiger partial charge in [0, 0.05) is 25.7 Å². The van der Waals surface area contributed by atoms with Crippen molar-refractivity contribution in [2.24, 2.45) is 0 Å². The van der Waals surface area contributed by atoms with E-state index in [1.54, 1.807) is 0 Å². The maximum atomic E-state index is 4.72. The predicted molar refractivity (Wildman–Crippen MR) is 94.3 cm³/mol. The minimum absolute atomic E-state index is 0.821. The summed E-state index contributed by atoms with van der Waals surface area (Å²) in [6, 6.07) is 16.2. The van der Waals surface area contributed by atoms with Gasteiger partial charge in [0.1, 0.15) is 5.82 Å². The SMILES string of the molecule is CNN(C)c1c(-c2nc3ccccc3[nH]2)cnc2ccccc12. The second-order valence-corrected chi connectivity index (χ2v) is 5.42. The molecule has 0 spiro atoms. The average Bonchev–Trinajstić information content (AvgIpc) is 3.04. The smallest absolute Gasteiger partial charge is 0.142 e. The summed E-state index contributed by atoms with van der Waals surface area (Å²) >= 11 is 0. The lowest BCUT2D eigenvalue weighted by Crippen LogP contribution is -2.31. The number of hydrogen-bond donors (Lipinski definition) is 2. The van der Waals surface area contributed by atoms with Gasteiger partial charge in [-0.3, -0.25) is 4.98 Å². The van der Waals surface area contributed by atoms with Crippen molar-refractivity contribution in [1.29, 1.82) is 0 Å². The fraction of sp³-hybridized carbons (Fsp3) is 0.111. The summed E-state index contributed by atoms with van der Waals surface area (Å²) in [7, 11) is 3.89. The highest BCUT2D eigenvalue weighted by atomic mass is 15.5. The van der Waals surface area contributed by atoms with Gasteiger partial charge >= 0.3 is 0 Å². The van der Waals surface area contributed by atoms with Crippen LogP contribution >= 0.6 is 0 Å². The van der Waals surface area contributed by atoms with E-state index in [2.05, 4.69) is 21.5 Å². The summed E-state index contributed by atoms with van der Waals surface area (Å²) in [5.41, 5.74) is 8.14. The summed E-state index contributed by atoms with van der Waals surface area (Å²) in [6.07, 6.45) is 1.88. The van der Waals surface area contributed by atoms with E-state index in [0.29, 0.717) is 0 Å². The van der Waals surface area contributed by atoms with Crippen molar-refractivity contribution in [1.82, 2.24) is 20.4 Å². The molecule has 2 heterocycles. The number of nitrogens with one attached hydrogen (secondary N) is 2. The lowest BCUT2D eigenvalue weighted by atomic mass is 10.1. The molecule has 2 N–H and O–H groups in total. The Morgan fingerprint density at radius 2 is 1.74 bits per heavy atom. The second kappa shape index (κ2) is 5.37. The molecule has 0 amide bonds. The van der Waals surface area contributed by atoms with E-state index in [9.17, 15) is 0 Å². The Morgan fingerprint density at radius 1 is 1.00 bits per heavy atom. The number of anilines is 1. The van der Waals surface area contributed by atoms with E-state index in [1.807, 2.05) is 67.8 Å². The molecule has 2 aromatic carbocycles. The van der Waals surface area contributed by atoms with Gasteiger partial charge < -0.3 is 9.99 Å². The maximum Gasteiger partial charge on any atom is 0.142 e. The van der Waals surface area contributed by atoms with Crippen molar-refractivity contribution in [2.75, 3.05) is 19.1 Å². The van der Waals surface area contributed by atoms with Crippen LogP contribution in [-0.2, 0) is 0 Å². The molecule has 0 aliphatic carbocycles. The number of hydrazine groups is 1. The first-order chi connectivity index (χ1) is 11.3. The molecule has 4 rings (SSSR count). The molecule has 0 saturated carbocycles. The van der Waals surface area contributed by atoms with Gasteiger partial charge in [-0.2, -0.15) is 0 Å². The molecule has 0 saturated heterocycles. The van der Waals surface area contributed by atoms with E-state index < -0.39 is 0 Å². The summed E-state index contributed by atoms with van der Waals surface area (Å²) in [5, 5.41) is 3.08. The number of nitrogens with zero attached hydrogens (tertiary/aromatic N) is 3. The minimum Gasteiger partial charge on any atom is -0.338 e. The van der Waals surface area contributed by atoms with E-state index in [0.717, 1.165) is 39.0 Å². The lowest BCUT2D eigenvalue weighted by Gasteiger charge is -2.22.